The van der Waals surface area contributed by atoms with Gasteiger partial charge >= 0.3 is 0 Å². The second-order valence-electron chi connectivity index (χ2n) is 5.85. The van der Waals surface area contributed by atoms with Crippen molar-refractivity contribution in [2.24, 2.45) is 11.1 Å². The Morgan fingerprint density at radius 2 is 2.05 bits per heavy atom. The Labute approximate surface area is 132 Å². The lowest BCUT2D eigenvalue weighted by Crippen LogP contribution is -2.34. The molecule has 0 spiro atoms. The molecule has 1 unspecified atom stereocenters. The fourth-order valence-electron chi connectivity index (χ4n) is 2.14. The second-order valence-corrected chi connectivity index (χ2v) is 8.30. The minimum Gasteiger partial charge on any atom is -0.481 e. The molecule has 0 aromatic carbocycles. The highest BCUT2D eigenvalue weighted by Gasteiger charge is 2.31. The Bertz CT molecular complexity index is 492. The molecule has 0 aliphatic rings. The zero-order valence-corrected chi connectivity index (χ0v) is 15.0. The molecule has 6 heteroatoms. The van der Waals surface area contributed by atoms with Crippen LogP contribution >= 0.6 is 15.9 Å². The molecule has 0 amide bonds. The topological polar surface area (TPSA) is 65.2 Å². The van der Waals surface area contributed by atoms with E-state index in [1.807, 2.05) is 26.0 Å². The number of nitrogens with zero attached hydrogens (tertiary/aromatic N) is 1. The van der Waals surface area contributed by atoms with Crippen molar-refractivity contribution < 1.29 is 8.95 Å². The summed E-state index contributed by atoms with van der Waals surface area (Å²) in [5.74, 6) is 1.19. The molecule has 20 heavy (non-hydrogen) atoms. The number of ether oxygens (including phenoxy) is 1. The molecule has 0 aliphatic carbocycles. The number of hydrogen-bond donors (Lipinski definition) is 1. The van der Waals surface area contributed by atoms with Crippen molar-refractivity contribution in [1.29, 1.82) is 0 Å². The predicted molar refractivity (Wildman–Crippen MR) is 87.1 cm³/mol. The van der Waals surface area contributed by atoms with Crippen LogP contribution in [0, 0.1) is 5.92 Å². The zero-order valence-electron chi connectivity index (χ0n) is 12.6. The van der Waals surface area contributed by atoms with Crippen molar-refractivity contribution in [2.45, 2.75) is 44.8 Å². The number of aromatic nitrogens is 1. The van der Waals surface area contributed by atoms with Gasteiger partial charge in [0.1, 0.15) is 4.60 Å². The van der Waals surface area contributed by atoms with Gasteiger partial charge in [0.2, 0.25) is 5.88 Å². The van der Waals surface area contributed by atoms with Crippen molar-refractivity contribution in [3.8, 4) is 5.88 Å². The van der Waals surface area contributed by atoms with Crippen molar-refractivity contribution in [2.75, 3.05) is 7.11 Å². The summed E-state index contributed by atoms with van der Waals surface area (Å²) >= 11 is 3.50. The minimum absolute atomic E-state index is 0.227. The van der Waals surface area contributed by atoms with Crippen LogP contribution in [0.2, 0.25) is 0 Å². The summed E-state index contributed by atoms with van der Waals surface area (Å²) < 4.78 is 17.1. The lowest BCUT2D eigenvalue weighted by atomic mass is 9.82. The van der Waals surface area contributed by atoms with Gasteiger partial charge in [0, 0.05) is 6.07 Å². The number of nitrogens with two attached hydrogens (primary N) is 1. The Morgan fingerprint density at radius 1 is 1.45 bits per heavy atom. The van der Waals surface area contributed by atoms with Crippen LogP contribution in [0.15, 0.2) is 16.7 Å². The number of pyridine rings is 1. The van der Waals surface area contributed by atoms with E-state index in [4.69, 9.17) is 9.88 Å². The quantitative estimate of drug-likeness (QED) is 0.788. The zero-order chi connectivity index (χ0) is 15.5. The van der Waals surface area contributed by atoms with Crippen molar-refractivity contribution in [3.63, 3.8) is 0 Å². The molecule has 0 bridgehead atoms. The molecule has 0 fully saturated rings. The van der Waals surface area contributed by atoms with Crippen LogP contribution in [0.1, 0.15) is 45.6 Å². The summed E-state index contributed by atoms with van der Waals surface area (Å²) in [5.41, 5.74) is 1.10. The normalized spacial score (nSPS) is 15.2. The molecule has 1 heterocycles. The van der Waals surface area contributed by atoms with Crippen LogP contribution in [0.25, 0.3) is 0 Å². The van der Waals surface area contributed by atoms with Gasteiger partial charge in [-0.1, -0.05) is 19.9 Å². The predicted octanol–water partition coefficient (Wildman–Crippen LogP) is 3.38. The molecule has 2 N–H and O–H groups in total. The third kappa shape index (κ3) is 4.27. The van der Waals surface area contributed by atoms with Crippen LogP contribution in [0.4, 0.5) is 0 Å². The van der Waals surface area contributed by atoms with Crippen molar-refractivity contribution >= 4 is 26.9 Å². The van der Waals surface area contributed by atoms with Gasteiger partial charge in [0.15, 0.2) is 0 Å². The molecule has 0 radical (unpaired) electrons. The van der Waals surface area contributed by atoms with Gasteiger partial charge in [0.25, 0.3) is 0 Å². The first-order valence-electron chi connectivity index (χ1n) is 6.55. The Hall–Kier alpha value is -0.460. The molecule has 1 rings (SSSR count). The largest absolute Gasteiger partial charge is 0.481 e. The molecule has 0 saturated heterocycles. The highest BCUT2D eigenvalue weighted by molar-refractivity contribution is 9.10. The Morgan fingerprint density at radius 3 is 2.45 bits per heavy atom. The first-order chi connectivity index (χ1) is 9.19. The van der Waals surface area contributed by atoms with Gasteiger partial charge < -0.3 is 4.74 Å². The summed E-state index contributed by atoms with van der Waals surface area (Å²) in [6, 6.07) is 3.86. The molecule has 0 saturated carbocycles. The van der Waals surface area contributed by atoms with Gasteiger partial charge in [-0.05, 0) is 53.6 Å². The molecule has 114 valence electrons. The Kier molecular flexibility index (Phi) is 6.16. The monoisotopic (exact) mass is 362 g/mol. The molecular formula is C14H23BrN2O2S. The van der Waals surface area contributed by atoms with Crippen LogP contribution in [-0.4, -0.2) is 21.0 Å². The van der Waals surface area contributed by atoms with E-state index in [0.29, 0.717) is 11.8 Å². The summed E-state index contributed by atoms with van der Waals surface area (Å²) in [5, 5.41) is 5.61. The highest BCUT2D eigenvalue weighted by Crippen LogP contribution is 2.37. The van der Waals surface area contributed by atoms with E-state index in [-0.39, 0.29) is 5.92 Å². The molecule has 2 atom stereocenters. The van der Waals surface area contributed by atoms with E-state index in [1.54, 1.807) is 7.11 Å². The molecule has 0 aliphatic heterocycles. The van der Waals surface area contributed by atoms with E-state index in [0.717, 1.165) is 16.6 Å². The van der Waals surface area contributed by atoms with Crippen molar-refractivity contribution in [3.05, 3.63) is 22.3 Å². The summed E-state index contributed by atoms with van der Waals surface area (Å²) in [4.78, 5) is 4.36. The first kappa shape index (κ1) is 17.6. The van der Waals surface area contributed by atoms with E-state index in [2.05, 4.69) is 34.8 Å². The smallest absolute Gasteiger partial charge is 0.214 e. The average molecular weight is 363 g/mol. The van der Waals surface area contributed by atoms with Gasteiger partial charge in [0.05, 0.1) is 22.8 Å². The van der Waals surface area contributed by atoms with E-state index in [1.165, 1.54) is 0 Å². The number of hydrogen-bond acceptors (Lipinski definition) is 3. The number of rotatable bonds is 6. The third-order valence-corrected chi connectivity index (χ3v) is 5.41. The maximum atomic E-state index is 11.7. The van der Waals surface area contributed by atoms with Crippen LogP contribution in [0.3, 0.4) is 0 Å². The van der Waals surface area contributed by atoms with Crippen LogP contribution in [-0.2, 0) is 11.0 Å². The minimum atomic E-state index is -1.36. The van der Waals surface area contributed by atoms with E-state index >= 15 is 0 Å². The first-order valence-corrected chi connectivity index (χ1v) is 8.56. The second kappa shape index (κ2) is 7.00. The number of methoxy groups -OCH3 is 1. The fourth-order valence-corrected chi connectivity index (χ4v) is 3.08. The van der Waals surface area contributed by atoms with E-state index < -0.39 is 15.7 Å². The summed E-state index contributed by atoms with van der Waals surface area (Å²) in [6.07, 6.45) is 0.736. The van der Waals surface area contributed by atoms with Crippen LogP contribution in [0.5, 0.6) is 5.88 Å². The van der Waals surface area contributed by atoms with Gasteiger partial charge in [-0.15, -0.1) is 0 Å². The summed E-state index contributed by atoms with van der Waals surface area (Å²) in [7, 11) is 0.232. The lowest BCUT2D eigenvalue weighted by molar-refractivity contribution is 0.392. The molecule has 1 aromatic rings. The SMILES string of the molecule is COc1ccc([C@H](CC(C)(C)S(N)=O)C(C)C)c(Br)n1. The van der Waals surface area contributed by atoms with Crippen molar-refractivity contribution in [1.82, 2.24) is 4.98 Å². The van der Waals surface area contributed by atoms with E-state index in [9.17, 15) is 4.21 Å². The molecule has 1 aromatic heterocycles. The van der Waals surface area contributed by atoms with Gasteiger partial charge in [-0.3, -0.25) is 5.14 Å². The Balaban J connectivity index is 3.12. The summed E-state index contributed by atoms with van der Waals surface area (Å²) in [6.45, 7) is 8.17. The number of halogens is 1. The maximum Gasteiger partial charge on any atom is 0.214 e. The standard InChI is InChI=1S/C14H23BrN2O2S/c1-9(2)11(8-14(3,4)20(16)18)10-6-7-12(19-5)17-13(10)15/h6-7,9,11H,8,16H2,1-5H3/t11-,20?/m1/s1. The van der Waals surface area contributed by atoms with Gasteiger partial charge in [-0.2, -0.15) is 0 Å². The third-order valence-electron chi connectivity index (χ3n) is 3.52. The van der Waals surface area contributed by atoms with Crippen LogP contribution < -0.4 is 9.88 Å². The lowest BCUT2D eigenvalue weighted by Gasteiger charge is -2.30. The molecular weight excluding hydrogens is 340 g/mol. The highest BCUT2D eigenvalue weighted by atomic mass is 79.9. The average Bonchev–Trinajstić information content (AvgIpc) is 2.35. The fraction of sp³-hybridized carbons (Fsp3) is 0.643. The maximum absolute atomic E-state index is 11.7. The molecule has 4 nitrogen and oxygen atoms in total. The van der Waals surface area contributed by atoms with Gasteiger partial charge in [-0.25, -0.2) is 9.19 Å².